The molecule has 0 unspecified atom stereocenters. The molecule has 0 spiro atoms. The van der Waals surface area contributed by atoms with Crippen LogP contribution in [0.5, 0.6) is 23.0 Å². The van der Waals surface area contributed by atoms with Gasteiger partial charge in [-0.15, -0.1) is 0 Å². The van der Waals surface area contributed by atoms with Gasteiger partial charge in [-0.05, 0) is 47.5 Å². The van der Waals surface area contributed by atoms with E-state index in [0.29, 0.717) is 41.2 Å². The Labute approximate surface area is 198 Å². The van der Waals surface area contributed by atoms with Crippen LogP contribution in [-0.4, -0.2) is 43.4 Å². The number of fused-ring (bicyclic) bond motifs is 1. The highest BCUT2D eigenvalue weighted by Crippen LogP contribution is 2.34. The van der Waals surface area contributed by atoms with Gasteiger partial charge in [-0.1, -0.05) is 6.08 Å². The second kappa shape index (κ2) is 10.5. The van der Waals surface area contributed by atoms with Crippen molar-refractivity contribution in [3.05, 3.63) is 71.8 Å². The van der Waals surface area contributed by atoms with Crippen molar-refractivity contribution in [3.8, 4) is 23.0 Å². The van der Waals surface area contributed by atoms with Gasteiger partial charge in [-0.25, -0.2) is 9.97 Å². The molecule has 8 heteroatoms. The van der Waals surface area contributed by atoms with Crippen LogP contribution in [0.1, 0.15) is 17.0 Å². The molecular weight excluding hydrogens is 432 g/mol. The SMILES string of the molecule is COc1cc(/C=C/c2nc(NCc3ccncc3)c3cc(OC)c(OC)cc3n2)cc(OC)c1. The molecule has 4 rings (SSSR count). The lowest BCUT2D eigenvalue weighted by molar-refractivity contribution is 0.356. The third kappa shape index (κ3) is 5.17. The number of anilines is 1. The molecule has 4 aromatic rings. The second-order valence-corrected chi connectivity index (χ2v) is 7.34. The molecule has 0 amide bonds. The van der Waals surface area contributed by atoms with Crippen LogP contribution in [-0.2, 0) is 6.54 Å². The highest BCUT2D eigenvalue weighted by atomic mass is 16.5. The van der Waals surface area contributed by atoms with Crippen LogP contribution in [0.4, 0.5) is 5.82 Å². The van der Waals surface area contributed by atoms with Gasteiger partial charge in [0.1, 0.15) is 17.3 Å². The molecule has 0 aliphatic heterocycles. The summed E-state index contributed by atoms with van der Waals surface area (Å²) in [5, 5.41) is 4.24. The summed E-state index contributed by atoms with van der Waals surface area (Å²) < 4.78 is 21.7. The normalized spacial score (nSPS) is 10.9. The Morgan fingerprint density at radius 1 is 0.765 bits per heavy atom. The average Bonchev–Trinajstić information content (AvgIpc) is 2.89. The highest BCUT2D eigenvalue weighted by molar-refractivity contribution is 5.92. The van der Waals surface area contributed by atoms with E-state index in [-0.39, 0.29) is 0 Å². The van der Waals surface area contributed by atoms with Gasteiger partial charge in [0.2, 0.25) is 0 Å². The standard InChI is InChI=1S/C26H26N4O4/c1-31-19-11-18(12-20(13-19)32-2)5-6-25-29-22-15-24(34-4)23(33-3)14-21(22)26(30-25)28-16-17-7-9-27-10-8-17/h5-15H,16H2,1-4H3,(H,28,29,30)/b6-5+. The Balaban J connectivity index is 1.75. The van der Waals surface area contributed by atoms with Crippen molar-refractivity contribution < 1.29 is 18.9 Å². The largest absolute Gasteiger partial charge is 0.497 e. The quantitative estimate of drug-likeness (QED) is 0.381. The molecule has 0 bridgehead atoms. The molecule has 34 heavy (non-hydrogen) atoms. The van der Waals surface area contributed by atoms with Gasteiger partial charge in [0.05, 0.1) is 34.0 Å². The molecule has 0 aliphatic carbocycles. The molecule has 8 nitrogen and oxygen atoms in total. The van der Waals surface area contributed by atoms with Gasteiger partial charge in [0.15, 0.2) is 17.3 Å². The molecular formula is C26H26N4O4. The lowest BCUT2D eigenvalue weighted by Gasteiger charge is -2.13. The fourth-order valence-electron chi connectivity index (χ4n) is 3.47. The number of hydrogen-bond acceptors (Lipinski definition) is 8. The summed E-state index contributed by atoms with van der Waals surface area (Å²) in [6.07, 6.45) is 7.29. The maximum Gasteiger partial charge on any atom is 0.162 e. The summed E-state index contributed by atoms with van der Waals surface area (Å²) in [7, 11) is 6.45. The molecule has 2 aromatic carbocycles. The van der Waals surface area contributed by atoms with Crippen molar-refractivity contribution in [2.45, 2.75) is 6.54 Å². The molecule has 2 aromatic heterocycles. The lowest BCUT2D eigenvalue weighted by atomic mass is 10.1. The number of nitrogens with one attached hydrogen (secondary N) is 1. The van der Waals surface area contributed by atoms with Crippen LogP contribution >= 0.6 is 0 Å². The van der Waals surface area contributed by atoms with Crippen molar-refractivity contribution in [3.63, 3.8) is 0 Å². The Morgan fingerprint density at radius 3 is 2.09 bits per heavy atom. The van der Waals surface area contributed by atoms with E-state index in [0.717, 1.165) is 22.0 Å². The average molecular weight is 459 g/mol. The van der Waals surface area contributed by atoms with Crippen LogP contribution in [0.15, 0.2) is 54.9 Å². The zero-order valence-corrected chi connectivity index (χ0v) is 19.5. The predicted molar refractivity (Wildman–Crippen MR) is 133 cm³/mol. The third-order valence-corrected chi connectivity index (χ3v) is 5.23. The van der Waals surface area contributed by atoms with Crippen molar-refractivity contribution >= 4 is 28.9 Å². The minimum atomic E-state index is 0.540. The third-order valence-electron chi connectivity index (χ3n) is 5.23. The molecule has 1 N–H and O–H groups in total. The van der Waals surface area contributed by atoms with Crippen molar-refractivity contribution in [2.75, 3.05) is 33.8 Å². The van der Waals surface area contributed by atoms with E-state index in [4.69, 9.17) is 28.9 Å². The topological polar surface area (TPSA) is 87.6 Å². The molecule has 0 fully saturated rings. The van der Waals surface area contributed by atoms with Crippen LogP contribution in [0.2, 0.25) is 0 Å². The number of hydrogen-bond donors (Lipinski definition) is 1. The zero-order chi connectivity index (χ0) is 23.9. The van der Waals surface area contributed by atoms with Crippen molar-refractivity contribution in [2.24, 2.45) is 0 Å². The first-order valence-electron chi connectivity index (χ1n) is 10.6. The number of benzene rings is 2. The molecule has 0 radical (unpaired) electrons. The van der Waals surface area contributed by atoms with Gasteiger partial charge >= 0.3 is 0 Å². The smallest absolute Gasteiger partial charge is 0.162 e. The number of aromatic nitrogens is 3. The first-order valence-corrected chi connectivity index (χ1v) is 10.6. The number of nitrogens with zero attached hydrogens (tertiary/aromatic N) is 3. The number of ether oxygens (including phenoxy) is 4. The van der Waals surface area contributed by atoms with Gasteiger partial charge < -0.3 is 24.3 Å². The highest BCUT2D eigenvalue weighted by Gasteiger charge is 2.13. The molecule has 174 valence electrons. The van der Waals surface area contributed by atoms with E-state index in [1.54, 1.807) is 40.8 Å². The number of rotatable bonds is 9. The van der Waals surface area contributed by atoms with E-state index in [1.165, 1.54) is 0 Å². The van der Waals surface area contributed by atoms with Crippen molar-refractivity contribution in [1.82, 2.24) is 15.0 Å². The lowest BCUT2D eigenvalue weighted by Crippen LogP contribution is -2.05. The van der Waals surface area contributed by atoms with E-state index in [1.807, 2.05) is 54.6 Å². The minimum absolute atomic E-state index is 0.540. The predicted octanol–water partition coefficient (Wildman–Crippen LogP) is 4.84. The first kappa shape index (κ1) is 22.8. The van der Waals surface area contributed by atoms with E-state index in [2.05, 4.69) is 10.3 Å². The maximum absolute atomic E-state index is 5.49. The summed E-state index contributed by atoms with van der Waals surface area (Å²) in [5.74, 6) is 3.84. The molecule has 0 aliphatic rings. The van der Waals surface area contributed by atoms with E-state index < -0.39 is 0 Å². The molecule has 0 atom stereocenters. The van der Waals surface area contributed by atoms with Crippen LogP contribution in [0.25, 0.3) is 23.1 Å². The molecule has 0 saturated carbocycles. The number of methoxy groups -OCH3 is 4. The van der Waals surface area contributed by atoms with Gasteiger partial charge in [0.25, 0.3) is 0 Å². The van der Waals surface area contributed by atoms with Gasteiger partial charge in [0, 0.05) is 36.5 Å². The van der Waals surface area contributed by atoms with E-state index >= 15 is 0 Å². The molecule has 2 heterocycles. The maximum atomic E-state index is 5.49. The summed E-state index contributed by atoms with van der Waals surface area (Å²) >= 11 is 0. The Hall–Kier alpha value is -4.33. The Morgan fingerprint density at radius 2 is 1.44 bits per heavy atom. The summed E-state index contributed by atoms with van der Waals surface area (Å²) in [6.45, 7) is 0.583. The van der Waals surface area contributed by atoms with E-state index in [9.17, 15) is 0 Å². The summed E-state index contributed by atoms with van der Waals surface area (Å²) in [6, 6.07) is 13.3. The first-order chi connectivity index (χ1) is 16.6. The minimum Gasteiger partial charge on any atom is -0.497 e. The Kier molecular flexibility index (Phi) is 7.07. The molecule has 0 saturated heterocycles. The van der Waals surface area contributed by atoms with Crippen LogP contribution in [0, 0.1) is 0 Å². The number of pyridine rings is 1. The fourth-order valence-corrected chi connectivity index (χ4v) is 3.47. The summed E-state index contributed by atoms with van der Waals surface area (Å²) in [5.41, 5.74) is 2.72. The zero-order valence-electron chi connectivity index (χ0n) is 19.5. The summed E-state index contributed by atoms with van der Waals surface area (Å²) in [4.78, 5) is 13.6. The van der Waals surface area contributed by atoms with Gasteiger partial charge in [-0.2, -0.15) is 0 Å². The van der Waals surface area contributed by atoms with Crippen molar-refractivity contribution in [1.29, 1.82) is 0 Å². The Bertz CT molecular complexity index is 1290. The monoisotopic (exact) mass is 458 g/mol. The second-order valence-electron chi connectivity index (χ2n) is 7.34. The fraction of sp³-hybridized carbons (Fsp3) is 0.192. The van der Waals surface area contributed by atoms with Gasteiger partial charge in [-0.3, -0.25) is 4.98 Å². The van der Waals surface area contributed by atoms with Crippen LogP contribution < -0.4 is 24.3 Å². The van der Waals surface area contributed by atoms with Crippen LogP contribution in [0.3, 0.4) is 0 Å².